The Labute approximate surface area is 118 Å². The van der Waals surface area contributed by atoms with Crippen LogP contribution < -0.4 is 10.5 Å². The van der Waals surface area contributed by atoms with Crippen LogP contribution in [0.2, 0.25) is 0 Å². The summed E-state index contributed by atoms with van der Waals surface area (Å²) in [5, 5.41) is 3.94. The molecule has 0 amide bonds. The first-order chi connectivity index (χ1) is 9.60. The van der Waals surface area contributed by atoms with Gasteiger partial charge < -0.3 is 19.9 Å². The predicted molar refractivity (Wildman–Crippen MR) is 76.4 cm³/mol. The normalized spacial score (nSPS) is 12.7. The zero-order valence-electron chi connectivity index (χ0n) is 12.0. The molecule has 0 fully saturated rings. The number of nitrogens with two attached hydrogens (primary N) is 1. The fourth-order valence-corrected chi connectivity index (χ4v) is 1.84. The van der Waals surface area contributed by atoms with Gasteiger partial charge in [0.25, 0.3) is 5.89 Å². The number of aromatic nitrogens is 2. The van der Waals surface area contributed by atoms with Gasteiger partial charge in [-0.15, -0.1) is 0 Å². The molecule has 6 nitrogen and oxygen atoms in total. The van der Waals surface area contributed by atoms with Crippen LogP contribution in [-0.2, 0) is 0 Å². The van der Waals surface area contributed by atoms with Crippen LogP contribution in [0, 0.1) is 0 Å². The van der Waals surface area contributed by atoms with E-state index in [0.717, 1.165) is 11.3 Å². The first-order valence-electron chi connectivity index (χ1n) is 6.57. The van der Waals surface area contributed by atoms with E-state index in [1.807, 2.05) is 50.2 Å². The summed E-state index contributed by atoms with van der Waals surface area (Å²) < 4.78 is 10.6. The maximum absolute atomic E-state index is 6.00. The smallest absolute Gasteiger partial charge is 0.257 e. The van der Waals surface area contributed by atoms with Crippen molar-refractivity contribution >= 4 is 0 Å². The molecule has 0 aliphatic heterocycles. The van der Waals surface area contributed by atoms with Crippen molar-refractivity contribution in [2.45, 2.75) is 13.0 Å². The van der Waals surface area contributed by atoms with Crippen molar-refractivity contribution in [2.75, 3.05) is 27.2 Å². The number of likely N-dealkylation sites (N-methyl/N-ethyl adjacent to an activating group) is 1. The monoisotopic (exact) mass is 276 g/mol. The third-order valence-electron chi connectivity index (χ3n) is 2.75. The summed E-state index contributed by atoms with van der Waals surface area (Å²) in [4.78, 5) is 6.32. The van der Waals surface area contributed by atoms with E-state index in [1.165, 1.54) is 0 Å². The topological polar surface area (TPSA) is 77.4 Å². The highest BCUT2D eigenvalue weighted by molar-refractivity contribution is 5.54. The van der Waals surface area contributed by atoms with Gasteiger partial charge in [0.1, 0.15) is 5.75 Å². The van der Waals surface area contributed by atoms with Gasteiger partial charge in [0, 0.05) is 12.1 Å². The Balaban J connectivity index is 2.11. The molecule has 2 rings (SSSR count). The van der Waals surface area contributed by atoms with Crippen molar-refractivity contribution in [3.05, 3.63) is 30.1 Å². The highest BCUT2D eigenvalue weighted by atomic mass is 16.5. The first-order valence-corrected chi connectivity index (χ1v) is 6.57. The molecule has 1 aromatic carbocycles. The lowest BCUT2D eigenvalue weighted by atomic mass is 10.2. The molecule has 0 spiro atoms. The molecular weight excluding hydrogens is 256 g/mol. The number of benzene rings is 1. The molecule has 0 bridgehead atoms. The highest BCUT2D eigenvalue weighted by Crippen LogP contribution is 2.22. The standard InChI is InChI=1S/C14H20N4O2/c1-4-19-11-7-5-10(6-8-11)14-16-13(17-20-14)12(15)9-18(2)3/h5-8,12H,4,9,15H2,1-3H3. The van der Waals surface area contributed by atoms with E-state index in [0.29, 0.717) is 24.9 Å². The average Bonchev–Trinajstić information content (AvgIpc) is 2.89. The van der Waals surface area contributed by atoms with Crippen LogP contribution in [-0.4, -0.2) is 42.3 Å². The molecule has 6 heteroatoms. The molecule has 1 aromatic heterocycles. The summed E-state index contributed by atoms with van der Waals surface area (Å²) in [5.41, 5.74) is 6.86. The third kappa shape index (κ3) is 3.55. The molecule has 2 N–H and O–H groups in total. The van der Waals surface area contributed by atoms with Crippen molar-refractivity contribution < 1.29 is 9.26 Å². The van der Waals surface area contributed by atoms with Crippen LogP contribution in [0.4, 0.5) is 0 Å². The van der Waals surface area contributed by atoms with E-state index in [1.54, 1.807) is 0 Å². The largest absolute Gasteiger partial charge is 0.494 e. The highest BCUT2D eigenvalue weighted by Gasteiger charge is 2.15. The lowest BCUT2D eigenvalue weighted by Crippen LogP contribution is -2.26. The van der Waals surface area contributed by atoms with Crippen LogP contribution in [0.1, 0.15) is 18.8 Å². The van der Waals surface area contributed by atoms with E-state index in [9.17, 15) is 0 Å². The van der Waals surface area contributed by atoms with Crippen molar-refractivity contribution in [2.24, 2.45) is 5.73 Å². The fourth-order valence-electron chi connectivity index (χ4n) is 1.84. The first kappa shape index (κ1) is 14.5. The zero-order valence-corrected chi connectivity index (χ0v) is 12.0. The lowest BCUT2D eigenvalue weighted by Gasteiger charge is -2.12. The van der Waals surface area contributed by atoms with Gasteiger partial charge in [0.15, 0.2) is 5.82 Å². The Morgan fingerprint density at radius 1 is 1.30 bits per heavy atom. The van der Waals surface area contributed by atoms with Crippen LogP contribution in [0.5, 0.6) is 5.75 Å². The summed E-state index contributed by atoms with van der Waals surface area (Å²) in [6, 6.07) is 7.27. The van der Waals surface area contributed by atoms with Crippen LogP contribution in [0.15, 0.2) is 28.8 Å². The Morgan fingerprint density at radius 3 is 2.60 bits per heavy atom. The van der Waals surface area contributed by atoms with E-state index < -0.39 is 0 Å². The van der Waals surface area contributed by atoms with Crippen molar-refractivity contribution in [3.8, 4) is 17.2 Å². The van der Waals surface area contributed by atoms with Gasteiger partial charge in [-0.25, -0.2) is 0 Å². The van der Waals surface area contributed by atoms with Gasteiger partial charge in [0.2, 0.25) is 0 Å². The van der Waals surface area contributed by atoms with E-state index in [-0.39, 0.29) is 6.04 Å². The average molecular weight is 276 g/mol. The van der Waals surface area contributed by atoms with Gasteiger partial charge in [-0.05, 0) is 45.3 Å². The Hall–Kier alpha value is -1.92. The van der Waals surface area contributed by atoms with E-state index in [4.69, 9.17) is 15.0 Å². The predicted octanol–water partition coefficient (Wildman–Crippen LogP) is 1.70. The Morgan fingerprint density at radius 2 is 2.00 bits per heavy atom. The van der Waals surface area contributed by atoms with E-state index >= 15 is 0 Å². The van der Waals surface area contributed by atoms with Crippen molar-refractivity contribution in [3.63, 3.8) is 0 Å². The van der Waals surface area contributed by atoms with Crippen LogP contribution in [0.25, 0.3) is 11.5 Å². The molecule has 2 aromatic rings. The summed E-state index contributed by atoms with van der Waals surface area (Å²) in [6.45, 7) is 3.26. The molecular formula is C14H20N4O2. The summed E-state index contributed by atoms with van der Waals surface area (Å²) in [7, 11) is 3.90. The maximum Gasteiger partial charge on any atom is 0.257 e. The number of rotatable bonds is 6. The Kier molecular flexibility index (Phi) is 4.70. The summed E-state index contributed by atoms with van der Waals surface area (Å²) in [5.74, 6) is 1.81. The van der Waals surface area contributed by atoms with Crippen molar-refractivity contribution in [1.82, 2.24) is 15.0 Å². The second-order valence-corrected chi connectivity index (χ2v) is 4.78. The molecule has 0 aliphatic carbocycles. The fraction of sp³-hybridized carbons (Fsp3) is 0.429. The maximum atomic E-state index is 6.00. The van der Waals surface area contributed by atoms with E-state index in [2.05, 4.69) is 10.1 Å². The number of hydrogen-bond acceptors (Lipinski definition) is 6. The minimum absolute atomic E-state index is 0.259. The quantitative estimate of drug-likeness (QED) is 0.865. The minimum Gasteiger partial charge on any atom is -0.494 e. The second kappa shape index (κ2) is 6.49. The van der Waals surface area contributed by atoms with Gasteiger partial charge in [-0.3, -0.25) is 0 Å². The number of ether oxygens (including phenoxy) is 1. The van der Waals surface area contributed by atoms with Crippen LogP contribution >= 0.6 is 0 Å². The Bertz CT molecular complexity index is 536. The van der Waals surface area contributed by atoms with Crippen LogP contribution in [0.3, 0.4) is 0 Å². The molecule has 0 aliphatic rings. The zero-order chi connectivity index (χ0) is 14.5. The second-order valence-electron chi connectivity index (χ2n) is 4.78. The molecule has 1 atom stereocenters. The molecule has 0 saturated heterocycles. The summed E-state index contributed by atoms with van der Waals surface area (Å²) in [6.07, 6.45) is 0. The van der Waals surface area contributed by atoms with Gasteiger partial charge >= 0.3 is 0 Å². The molecule has 0 saturated carbocycles. The van der Waals surface area contributed by atoms with Gasteiger partial charge in [-0.2, -0.15) is 4.98 Å². The molecule has 0 radical (unpaired) electrons. The minimum atomic E-state index is -0.259. The molecule has 108 valence electrons. The third-order valence-corrected chi connectivity index (χ3v) is 2.75. The number of hydrogen-bond donors (Lipinski definition) is 1. The SMILES string of the molecule is CCOc1ccc(-c2nc(C(N)CN(C)C)no2)cc1. The van der Waals surface area contributed by atoms with Crippen molar-refractivity contribution in [1.29, 1.82) is 0 Å². The number of nitrogens with zero attached hydrogens (tertiary/aromatic N) is 3. The molecule has 1 unspecified atom stereocenters. The van der Waals surface area contributed by atoms with Gasteiger partial charge in [-0.1, -0.05) is 5.16 Å². The van der Waals surface area contributed by atoms with Gasteiger partial charge in [0.05, 0.1) is 12.6 Å². The molecule has 20 heavy (non-hydrogen) atoms. The molecule has 1 heterocycles. The lowest BCUT2D eigenvalue weighted by molar-refractivity contribution is 0.340. The summed E-state index contributed by atoms with van der Waals surface area (Å²) >= 11 is 0.